The minimum Gasteiger partial charge on any atom is -0.454 e. The van der Waals surface area contributed by atoms with Gasteiger partial charge in [-0.2, -0.15) is 0 Å². The van der Waals surface area contributed by atoms with Crippen molar-refractivity contribution in [2.45, 2.75) is 12.8 Å². The van der Waals surface area contributed by atoms with Crippen molar-refractivity contribution in [2.24, 2.45) is 0 Å². The largest absolute Gasteiger partial charge is 0.454 e. The number of ether oxygens (including phenoxy) is 2. The van der Waals surface area contributed by atoms with Gasteiger partial charge in [-0.3, -0.25) is 14.7 Å². The quantitative estimate of drug-likeness (QED) is 0.690. The molecule has 3 heterocycles. The average Bonchev–Trinajstić information content (AvgIpc) is 2.70. The zero-order valence-corrected chi connectivity index (χ0v) is 16.5. The second-order valence-corrected chi connectivity index (χ2v) is 6.83. The highest BCUT2D eigenvalue weighted by atomic mass is 35.5. The van der Waals surface area contributed by atoms with E-state index in [9.17, 15) is 4.79 Å². The zero-order chi connectivity index (χ0) is 19.9. The van der Waals surface area contributed by atoms with E-state index in [0.29, 0.717) is 40.1 Å². The Morgan fingerprint density at radius 2 is 2.18 bits per heavy atom. The molecule has 0 radical (unpaired) electrons. The number of aromatic nitrogens is 2. The summed E-state index contributed by atoms with van der Waals surface area (Å²) in [5, 5.41) is 3.24. The van der Waals surface area contributed by atoms with Crippen molar-refractivity contribution < 1.29 is 14.3 Å². The maximum absolute atomic E-state index is 12.3. The van der Waals surface area contributed by atoms with Gasteiger partial charge in [0.15, 0.2) is 5.75 Å². The van der Waals surface area contributed by atoms with Crippen LogP contribution in [0.4, 0.5) is 11.5 Å². The Labute approximate surface area is 169 Å². The predicted molar refractivity (Wildman–Crippen MR) is 108 cm³/mol. The summed E-state index contributed by atoms with van der Waals surface area (Å²) in [6.45, 7) is 3.96. The highest BCUT2D eigenvalue weighted by Crippen LogP contribution is 2.37. The van der Waals surface area contributed by atoms with E-state index in [2.05, 4.69) is 20.2 Å². The van der Waals surface area contributed by atoms with Crippen molar-refractivity contribution >= 4 is 28.9 Å². The fourth-order valence-electron chi connectivity index (χ4n) is 2.94. The SMILES string of the molecule is CNc1c(N)ncc(Oc2ccnc(CC(=O)CCN3CCOCC3)c2)c1Cl. The summed E-state index contributed by atoms with van der Waals surface area (Å²) in [4.78, 5) is 22.9. The summed E-state index contributed by atoms with van der Waals surface area (Å²) in [7, 11) is 1.70. The minimum atomic E-state index is 0.140. The molecular weight excluding hydrogens is 382 g/mol. The number of morpholine rings is 1. The lowest BCUT2D eigenvalue weighted by Crippen LogP contribution is -2.37. The van der Waals surface area contributed by atoms with E-state index in [-0.39, 0.29) is 12.2 Å². The lowest BCUT2D eigenvalue weighted by molar-refractivity contribution is -0.119. The molecule has 3 N–H and O–H groups in total. The molecule has 1 aliphatic heterocycles. The van der Waals surface area contributed by atoms with E-state index in [4.69, 9.17) is 26.8 Å². The molecular formula is C19H24ClN5O3. The van der Waals surface area contributed by atoms with E-state index in [1.165, 1.54) is 6.20 Å². The number of nitrogen functional groups attached to an aromatic ring is 1. The Balaban J connectivity index is 1.60. The maximum Gasteiger partial charge on any atom is 0.166 e. The van der Waals surface area contributed by atoms with Gasteiger partial charge in [-0.25, -0.2) is 4.98 Å². The fourth-order valence-corrected chi connectivity index (χ4v) is 3.21. The molecule has 0 amide bonds. The Hall–Kier alpha value is -2.42. The van der Waals surface area contributed by atoms with E-state index in [0.717, 1.165) is 32.8 Å². The molecule has 1 saturated heterocycles. The van der Waals surface area contributed by atoms with Gasteiger partial charge in [0, 0.05) is 51.8 Å². The average molecular weight is 406 g/mol. The predicted octanol–water partition coefficient (Wildman–Crippen LogP) is 2.38. The van der Waals surface area contributed by atoms with E-state index in [1.807, 2.05) is 0 Å². The molecule has 9 heteroatoms. The molecule has 0 unspecified atom stereocenters. The summed E-state index contributed by atoms with van der Waals surface area (Å²) in [6.07, 6.45) is 3.83. The number of nitrogens with one attached hydrogen (secondary N) is 1. The van der Waals surface area contributed by atoms with Gasteiger partial charge in [-0.1, -0.05) is 11.6 Å². The third kappa shape index (κ3) is 5.31. The topological polar surface area (TPSA) is 103 Å². The van der Waals surface area contributed by atoms with Crippen molar-refractivity contribution in [1.82, 2.24) is 14.9 Å². The summed E-state index contributed by atoms with van der Waals surface area (Å²) in [6, 6.07) is 3.44. The Morgan fingerprint density at radius 1 is 1.39 bits per heavy atom. The molecule has 2 aromatic heterocycles. The number of ketones is 1. The summed E-state index contributed by atoms with van der Waals surface area (Å²) < 4.78 is 11.1. The molecule has 3 rings (SSSR count). The van der Waals surface area contributed by atoms with Gasteiger partial charge in [0.25, 0.3) is 0 Å². The third-order valence-corrected chi connectivity index (χ3v) is 4.84. The first-order valence-corrected chi connectivity index (χ1v) is 9.51. The molecule has 28 heavy (non-hydrogen) atoms. The number of rotatable bonds is 8. The van der Waals surface area contributed by atoms with Crippen molar-refractivity contribution in [1.29, 1.82) is 0 Å². The molecule has 1 aliphatic rings. The number of halogens is 1. The van der Waals surface area contributed by atoms with Crippen LogP contribution in [0.5, 0.6) is 11.5 Å². The lowest BCUT2D eigenvalue weighted by atomic mass is 10.1. The fraction of sp³-hybridized carbons (Fsp3) is 0.421. The molecule has 2 aromatic rings. The summed E-state index contributed by atoms with van der Waals surface area (Å²) in [5.74, 6) is 1.33. The van der Waals surface area contributed by atoms with Crippen LogP contribution in [-0.4, -0.2) is 60.5 Å². The standard InChI is InChI=1S/C19H24ClN5O3/c1-22-18-17(20)16(12-24-19(18)21)28-15-2-4-23-13(11-15)10-14(26)3-5-25-6-8-27-9-7-25/h2,4,11-12,22H,3,5-10H2,1H3,(H2,21,24). The maximum atomic E-state index is 12.3. The van der Waals surface area contributed by atoms with Crippen LogP contribution in [0.15, 0.2) is 24.5 Å². The minimum absolute atomic E-state index is 0.140. The van der Waals surface area contributed by atoms with Gasteiger partial charge in [-0.15, -0.1) is 0 Å². The number of hydrogen-bond acceptors (Lipinski definition) is 8. The van der Waals surface area contributed by atoms with Crippen LogP contribution in [0, 0.1) is 0 Å². The highest BCUT2D eigenvalue weighted by Gasteiger charge is 2.15. The number of nitrogens with zero attached hydrogens (tertiary/aromatic N) is 3. The van der Waals surface area contributed by atoms with Crippen molar-refractivity contribution in [3.05, 3.63) is 35.2 Å². The number of Topliss-reactive ketones (excluding diaryl/α,β-unsaturated/α-hetero) is 1. The molecule has 0 aliphatic carbocycles. The van der Waals surface area contributed by atoms with Crippen molar-refractivity contribution in [3.63, 3.8) is 0 Å². The highest BCUT2D eigenvalue weighted by molar-refractivity contribution is 6.35. The molecule has 0 spiro atoms. The van der Waals surface area contributed by atoms with Gasteiger partial charge in [0.1, 0.15) is 22.4 Å². The first-order chi connectivity index (χ1) is 13.6. The third-order valence-electron chi connectivity index (χ3n) is 4.47. The van der Waals surface area contributed by atoms with Crippen LogP contribution < -0.4 is 15.8 Å². The van der Waals surface area contributed by atoms with Gasteiger partial charge >= 0.3 is 0 Å². The summed E-state index contributed by atoms with van der Waals surface area (Å²) >= 11 is 6.31. The number of nitrogens with two attached hydrogens (primary N) is 1. The molecule has 0 saturated carbocycles. The van der Waals surface area contributed by atoms with Crippen molar-refractivity contribution in [2.75, 3.05) is 50.9 Å². The normalized spacial score (nSPS) is 14.6. The van der Waals surface area contributed by atoms with E-state index in [1.54, 1.807) is 25.4 Å². The first-order valence-electron chi connectivity index (χ1n) is 9.13. The van der Waals surface area contributed by atoms with Gasteiger partial charge in [0.05, 0.1) is 30.8 Å². The van der Waals surface area contributed by atoms with Crippen LogP contribution in [0.3, 0.4) is 0 Å². The molecule has 8 nitrogen and oxygen atoms in total. The Morgan fingerprint density at radius 3 is 2.93 bits per heavy atom. The second kappa shape index (κ2) is 9.68. The van der Waals surface area contributed by atoms with Crippen LogP contribution in [0.1, 0.15) is 12.1 Å². The Bertz CT molecular complexity index is 827. The van der Waals surface area contributed by atoms with Gasteiger partial charge in [-0.05, 0) is 6.07 Å². The number of anilines is 2. The number of hydrogen-bond donors (Lipinski definition) is 2. The van der Waals surface area contributed by atoms with Crippen LogP contribution >= 0.6 is 11.6 Å². The Kier molecular flexibility index (Phi) is 7.02. The van der Waals surface area contributed by atoms with Crippen LogP contribution in [-0.2, 0) is 16.0 Å². The molecule has 1 fully saturated rings. The second-order valence-electron chi connectivity index (χ2n) is 6.45. The van der Waals surface area contributed by atoms with Crippen LogP contribution in [0.25, 0.3) is 0 Å². The van der Waals surface area contributed by atoms with Crippen LogP contribution in [0.2, 0.25) is 5.02 Å². The van der Waals surface area contributed by atoms with Gasteiger partial charge < -0.3 is 20.5 Å². The smallest absolute Gasteiger partial charge is 0.166 e. The lowest BCUT2D eigenvalue weighted by Gasteiger charge is -2.26. The molecule has 0 aromatic carbocycles. The molecule has 0 bridgehead atoms. The number of carbonyl (C=O) groups excluding carboxylic acids is 1. The monoisotopic (exact) mass is 405 g/mol. The van der Waals surface area contributed by atoms with E-state index >= 15 is 0 Å². The van der Waals surface area contributed by atoms with E-state index < -0.39 is 0 Å². The molecule has 150 valence electrons. The summed E-state index contributed by atoms with van der Waals surface area (Å²) in [5.41, 5.74) is 6.94. The zero-order valence-electron chi connectivity index (χ0n) is 15.8. The molecule has 0 atom stereocenters. The van der Waals surface area contributed by atoms with Crippen molar-refractivity contribution in [3.8, 4) is 11.5 Å². The first kappa shape index (κ1) is 20.3. The number of carbonyl (C=O) groups is 1. The van der Waals surface area contributed by atoms with Gasteiger partial charge in [0.2, 0.25) is 0 Å². The number of pyridine rings is 2.